The summed E-state index contributed by atoms with van der Waals surface area (Å²) in [6.45, 7) is 10.9. The van der Waals surface area contributed by atoms with E-state index in [1.165, 1.54) is 11.3 Å². The van der Waals surface area contributed by atoms with Crippen molar-refractivity contribution in [3.05, 3.63) is 21.9 Å². The Kier molecular flexibility index (Phi) is 4.56. The Morgan fingerprint density at radius 3 is 2.16 bits per heavy atom. The minimum absolute atomic E-state index is 0.0614. The number of esters is 1. The van der Waals surface area contributed by atoms with E-state index >= 15 is 0 Å². The lowest BCUT2D eigenvalue weighted by Gasteiger charge is -2.28. The third kappa shape index (κ3) is 4.78. The van der Waals surface area contributed by atoms with E-state index in [2.05, 4.69) is 0 Å². The van der Waals surface area contributed by atoms with Crippen molar-refractivity contribution < 1.29 is 14.3 Å². The Morgan fingerprint density at radius 1 is 1.16 bits per heavy atom. The summed E-state index contributed by atoms with van der Waals surface area (Å²) in [4.78, 5) is 25.2. The third-order valence-corrected chi connectivity index (χ3v) is 3.76. The zero-order valence-electron chi connectivity index (χ0n) is 12.5. The molecule has 1 heterocycles. The molecule has 19 heavy (non-hydrogen) atoms. The van der Waals surface area contributed by atoms with E-state index in [-0.39, 0.29) is 11.8 Å². The maximum absolute atomic E-state index is 12.1. The summed E-state index contributed by atoms with van der Waals surface area (Å²) >= 11 is 1.45. The number of hydrogen-bond donors (Lipinski definition) is 0. The van der Waals surface area contributed by atoms with Gasteiger partial charge in [-0.2, -0.15) is 0 Å². The van der Waals surface area contributed by atoms with Crippen LogP contribution in [0.25, 0.3) is 0 Å². The van der Waals surface area contributed by atoms with Crippen LogP contribution in [0.2, 0.25) is 0 Å². The summed E-state index contributed by atoms with van der Waals surface area (Å²) in [5.74, 6) is -0.149. The maximum atomic E-state index is 12.1. The second kappa shape index (κ2) is 5.45. The molecule has 0 fully saturated rings. The molecule has 0 radical (unpaired) electrons. The smallest absolute Gasteiger partial charge is 0.312 e. The molecule has 1 rings (SSSR count). The Bertz CT molecular complexity index is 478. The summed E-state index contributed by atoms with van der Waals surface area (Å²) in [5.41, 5.74) is -1.07. The van der Waals surface area contributed by atoms with E-state index in [1.807, 2.05) is 46.8 Å². The third-order valence-electron chi connectivity index (χ3n) is 2.58. The molecule has 0 atom stereocenters. The van der Waals surface area contributed by atoms with Crippen LogP contribution < -0.4 is 0 Å². The molecule has 0 amide bonds. The average Bonchev–Trinajstić information content (AvgIpc) is 2.62. The van der Waals surface area contributed by atoms with Crippen molar-refractivity contribution in [2.75, 3.05) is 0 Å². The Balaban J connectivity index is 2.78. The van der Waals surface area contributed by atoms with Crippen LogP contribution in [0.15, 0.2) is 12.1 Å². The molecule has 0 saturated heterocycles. The largest absolute Gasteiger partial charge is 0.460 e. The number of thiophene rings is 1. The minimum atomic E-state index is -0.591. The molecule has 0 bridgehead atoms. The number of hydrogen-bond acceptors (Lipinski definition) is 4. The molecule has 3 nitrogen and oxygen atoms in total. The molecule has 0 unspecified atom stereocenters. The van der Waals surface area contributed by atoms with E-state index in [0.717, 1.165) is 9.75 Å². The molecule has 0 aliphatic rings. The topological polar surface area (TPSA) is 43.4 Å². The summed E-state index contributed by atoms with van der Waals surface area (Å²) in [6, 6.07) is 3.72. The Morgan fingerprint density at radius 2 is 1.74 bits per heavy atom. The van der Waals surface area contributed by atoms with Gasteiger partial charge >= 0.3 is 5.97 Å². The molecule has 0 N–H and O–H groups in total. The maximum Gasteiger partial charge on any atom is 0.312 e. The molecule has 1 aromatic heterocycles. The molecule has 1 aromatic rings. The standard InChI is InChI=1S/C15H22O3S/c1-10(16)12-8-7-11(19-12)9-15(5,6)13(17)18-14(2,3)4/h7-8H,9H2,1-6H3. The molecule has 0 aromatic carbocycles. The van der Waals surface area contributed by atoms with Crippen molar-refractivity contribution in [2.45, 2.75) is 53.6 Å². The highest BCUT2D eigenvalue weighted by Crippen LogP contribution is 2.29. The minimum Gasteiger partial charge on any atom is -0.460 e. The van der Waals surface area contributed by atoms with Crippen molar-refractivity contribution in [3.63, 3.8) is 0 Å². The summed E-state index contributed by atoms with van der Waals surface area (Å²) in [5, 5.41) is 0. The van der Waals surface area contributed by atoms with Gasteiger partial charge in [0.05, 0.1) is 10.3 Å². The first-order valence-electron chi connectivity index (χ1n) is 6.34. The van der Waals surface area contributed by atoms with Gasteiger partial charge in [-0.1, -0.05) is 0 Å². The monoisotopic (exact) mass is 282 g/mol. The Hall–Kier alpha value is -1.16. The van der Waals surface area contributed by atoms with Gasteiger partial charge in [-0.15, -0.1) is 11.3 Å². The highest BCUT2D eigenvalue weighted by molar-refractivity contribution is 7.14. The quantitative estimate of drug-likeness (QED) is 0.622. The van der Waals surface area contributed by atoms with Crippen LogP contribution in [0.4, 0.5) is 0 Å². The van der Waals surface area contributed by atoms with Crippen molar-refractivity contribution in [1.29, 1.82) is 0 Å². The summed E-state index contributed by atoms with van der Waals surface area (Å²) < 4.78 is 5.43. The van der Waals surface area contributed by atoms with E-state index in [1.54, 1.807) is 6.92 Å². The van der Waals surface area contributed by atoms with Gasteiger partial charge in [-0.25, -0.2) is 0 Å². The first-order valence-corrected chi connectivity index (χ1v) is 7.16. The van der Waals surface area contributed by atoms with Crippen molar-refractivity contribution in [2.24, 2.45) is 5.41 Å². The number of ketones is 1. The van der Waals surface area contributed by atoms with Gasteiger partial charge in [0.15, 0.2) is 5.78 Å². The number of carbonyl (C=O) groups excluding carboxylic acids is 2. The lowest BCUT2D eigenvalue weighted by Crippen LogP contribution is -2.35. The number of ether oxygens (including phenoxy) is 1. The lowest BCUT2D eigenvalue weighted by atomic mass is 9.88. The molecule has 0 aliphatic carbocycles. The molecular formula is C15H22O3S. The first kappa shape index (κ1) is 15.9. The average molecular weight is 282 g/mol. The normalized spacial score (nSPS) is 12.3. The molecule has 0 aliphatic heterocycles. The van der Waals surface area contributed by atoms with Gasteiger partial charge in [-0.3, -0.25) is 9.59 Å². The van der Waals surface area contributed by atoms with Crippen molar-refractivity contribution in [3.8, 4) is 0 Å². The highest BCUT2D eigenvalue weighted by Gasteiger charge is 2.33. The van der Waals surface area contributed by atoms with Gasteiger partial charge in [0.25, 0.3) is 0 Å². The fourth-order valence-corrected chi connectivity index (χ4v) is 2.72. The van der Waals surface area contributed by atoms with E-state index in [0.29, 0.717) is 6.42 Å². The van der Waals surface area contributed by atoms with Crippen LogP contribution in [-0.4, -0.2) is 17.4 Å². The van der Waals surface area contributed by atoms with Crippen LogP contribution >= 0.6 is 11.3 Å². The van der Waals surface area contributed by atoms with Gasteiger partial charge in [0.2, 0.25) is 0 Å². The van der Waals surface area contributed by atoms with E-state index in [4.69, 9.17) is 4.74 Å². The second-order valence-electron chi connectivity index (χ2n) is 6.38. The summed E-state index contributed by atoms with van der Waals surface area (Å²) in [6.07, 6.45) is 0.583. The fourth-order valence-electron chi connectivity index (χ4n) is 1.59. The Labute approximate surface area is 119 Å². The molecule has 106 valence electrons. The SMILES string of the molecule is CC(=O)c1ccc(CC(C)(C)C(=O)OC(C)(C)C)s1. The first-order chi connectivity index (χ1) is 8.51. The molecule has 0 saturated carbocycles. The molecule has 4 heteroatoms. The van der Waals surface area contributed by atoms with Crippen LogP contribution in [-0.2, 0) is 16.0 Å². The van der Waals surface area contributed by atoms with E-state index in [9.17, 15) is 9.59 Å². The number of carbonyl (C=O) groups is 2. The number of rotatable bonds is 4. The van der Waals surface area contributed by atoms with E-state index < -0.39 is 11.0 Å². The highest BCUT2D eigenvalue weighted by atomic mass is 32.1. The van der Waals surface area contributed by atoms with Crippen molar-refractivity contribution >= 4 is 23.1 Å². The number of Topliss-reactive ketones (excluding diaryl/α,β-unsaturated/α-hetero) is 1. The van der Waals surface area contributed by atoms with Crippen molar-refractivity contribution in [1.82, 2.24) is 0 Å². The lowest BCUT2D eigenvalue weighted by molar-refractivity contribution is -0.165. The van der Waals surface area contributed by atoms with Gasteiger partial charge in [0, 0.05) is 4.88 Å². The zero-order chi connectivity index (χ0) is 14.8. The fraction of sp³-hybridized carbons (Fsp3) is 0.600. The predicted octanol–water partition coefficient (Wildman–Crippen LogP) is 3.86. The predicted molar refractivity (Wildman–Crippen MR) is 77.7 cm³/mol. The van der Waals surface area contributed by atoms with Crippen LogP contribution in [0, 0.1) is 5.41 Å². The summed E-state index contributed by atoms with van der Waals surface area (Å²) in [7, 11) is 0. The molecule has 0 spiro atoms. The van der Waals surface area contributed by atoms with Crippen LogP contribution in [0.3, 0.4) is 0 Å². The van der Waals surface area contributed by atoms with Gasteiger partial charge < -0.3 is 4.74 Å². The van der Waals surface area contributed by atoms with Gasteiger partial charge in [-0.05, 0) is 60.1 Å². The van der Waals surface area contributed by atoms with Gasteiger partial charge in [0.1, 0.15) is 5.60 Å². The van der Waals surface area contributed by atoms with Crippen LogP contribution in [0.5, 0.6) is 0 Å². The zero-order valence-corrected chi connectivity index (χ0v) is 13.3. The molecular weight excluding hydrogens is 260 g/mol. The second-order valence-corrected chi connectivity index (χ2v) is 7.55. The van der Waals surface area contributed by atoms with Crippen LogP contribution in [0.1, 0.15) is 56.1 Å².